The maximum Gasteiger partial charge on any atom is 0.547 e. The van der Waals surface area contributed by atoms with Crippen molar-refractivity contribution in [3.63, 3.8) is 0 Å². The van der Waals surface area contributed by atoms with Gasteiger partial charge in [0, 0.05) is 6.92 Å². The van der Waals surface area contributed by atoms with Gasteiger partial charge < -0.3 is 5.11 Å². The van der Waals surface area contributed by atoms with Crippen molar-refractivity contribution in [1.82, 2.24) is 0 Å². The van der Waals surface area contributed by atoms with Crippen LogP contribution in [0.1, 0.15) is 20.8 Å². The fraction of sp³-hybridized carbons (Fsp3) is 0.714. The molecular weight excluding hydrogens is 163 g/mol. The Morgan fingerprint density at radius 1 is 1.73 bits per heavy atom. The molecule has 0 amide bonds. The first kappa shape index (κ1) is 10.8. The zero-order valence-electron chi connectivity index (χ0n) is 7.07. The molecule has 0 bridgehead atoms. The molecule has 64 valence electrons. The molecule has 0 aromatic heterocycles. The smallest absolute Gasteiger partial charge is 0.343 e. The third kappa shape index (κ3) is 3.61. The van der Waals surface area contributed by atoms with Crippen molar-refractivity contribution in [1.29, 1.82) is 0 Å². The molecule has 0 aliphatic carbocycles. The fourth-order valence-electron chi connectivity index (χ4n) is 0.625. The van der Waals surface area contributed by atoms with Gasteiger partial charge in [-0.25, -0.2) is 0 Å². The standard InChI is InChI=1S/C7H14O3P/c1-4-6-7(3,8)11(9)10-5-2/h4,6,8H,5H2,1-3H3/q+1. The van der Waals surface area contributed by atoms with E-state index in [0.717, 1.165) is 0 Å². The van der Waals surface area contributed by atoms with Crippen LogP contribution < -0.4 is 0 Å². The first-order valence-electron chi connectivity index (χ1n) is 3.51. The Morgan fingerprint density at radius 2 is 2.27 bits per heavy atom. The van der Waals surface area contributed by atoms with Gasteiger partial charge in [0.25, 0.3) is 0 Å². The third-order valence-electron chi connectivity index (χ3n) is 1.10. The van der Waals surface area contributed by atoms with Gasteiger partial charge in [-0.2, -0.15) is 0 Å². The molecule has 11 heavy (non-hydrogen) atoms. The molecule has 0 fully saturated rings. The van der Waals surface area contributed by atoms with Gasteiger partial charge in [-0.05, 0) is 24.5 Å². The van der Waals surface area contributed by atoms with Crippen LogP contribution in [-0.4, -0.2) is 17.1 Å². The van der Waals surface area contributed by atoms with E-state index in [1.54, 1.807) is 19.9 Å². The summed E-state index contributed by atoms with van der Waals surface area (Å²) in [6, 6.07) is 0. The second-order valence-corrected chi connectivity index (χ2v) is 3.95. The van der Waals surface area contributed by atoms with Crippen LogP contribution in [0.3, 0.4) is 0 Å². The maximum absolute atomic E-state index is 11.1. The van der Waals surface area contributed by atoms with Gasteiger partial charge in [0.2, 0.25) is 0 Å². The van der Waals surface area contributed by atoms with Gasteiger partial charge in [-0.3, -0.25) is 0 Å². The van der Waals surface area contributed by atoms with Gasteiger partial charge in [0.05, 0.1) is 6.61 Å². The van der Waals surface area contributed by atoms with E-state index in [4.69, 9.17) is 4.52 Å². The lowest BCUT2D eigenvalue weighted by molar-refractivity contribution is 0.172. The lowest BCUT2D eigenvalue weighted by Gasteiger charge is -2.02. The predicted molar refractivity (Wildman–Crippen MR) is 44.7 cm³/mol. The van der Waals surface area contributed by atoms with E-state index >= 15 is 0 Å². The minimum Gasteiger partial charge on any atom is -0.343 e. The fourth-order valence-corrected chi connectivity index (χ4v) is 1.39. The second kappa shape index (κ2) is 4.60. The lowest BCUT2D eigenvalue weighted by Crippen LogP contribution is -2.15. The van der Waals surface area contributed by atoms with Crippen molar-refractivity contribution in [3.8, 4) is 0 Å². The highest BCUT2D eigenvalue weighted by molar-refractivity contribution is 7.41. The molecule has 0 aliphatic heterocycles. The van der Waals surface area contributed by atoms with E-state index in [9.17, 15) is 9.67 Å². The van der Waals surface area contributed by atoms with Crippen LogP contribution >= 0.6 is 8.03 Å². The average molecular weight is 177 g/mol. The SMILES string of the molecule is CC=CC(C)(O)[P+](=O)OCC. The molecule has 1 N–H and O–H groups in total. The number of aliphatic hydroxyl groups is 1. The van der Waals surface area contributed by atoms with E-state index in [-0.39, 0.29) is 0 Å². The van der Waals surface area contributed by atoms with Crippen molar-refractivity contribution in [2.45, 2.75) is 26.1 Å². The van der Waals surface area contributed by atoms with E-state index < -0.39 is 13.4 Å². The van der Waals surface area contributed by atoms with Crippen LogP contribution in [0.2, 0.25) is 0 Å². The Bertz CT molecular complexity index is 163. The summed E-state index contributed by atoms with van der Waals surface area (Å²) < 4.78 is 15.8. The molecular formula is C7H14O3P+. The summed E-state index contributed by atoms with van der Waals surface area (Å²) in [6.07, 6.45) is 3.10. The van der Waals surface area contributed by atoms with Gasteiger partial charge in [0.15, 0.2) is 0 Å². The zero-order chi connectivity index (χ0) is 8.91. The highest BCUT2D eigenvalue weighted by Crippen LogP contribution is 2.38. The summed E-state index contributed by atoms with van der Waals surface area (Å²) in [6.45, 7) is 5.30. The molecule has 0 saturated heterocycles. The van der Waals surface area contributed by atoms with E-state index in [0.29, 0.717) is 6.61 Å². The van der Waals surface area contributed by atoms with Crippen LogP contribution in [0, 0.1) is 0 Å². The van der Waals surface area contributed by atoms with E-state index in [2.05, 4.69) is 0 Å². The Balaban J connectivity index is 4.17. The Labute approximate surface area is 67.9 Å². The summed E-state index contributed by atoms with van der Waals surface area (Å²) in [7, 11) is -2.01. The molecule has 0 aromatic rings. The second-order valence-electron chi connectivity index (χ2n) is 2.27. The van der Waals surface area contributed by atoms with Crippen molar-refractivity contribution in [2.75, 3.05) is 6.61 Å². The molecule has 0 spiro atoms. The monoisotopic (exact) mass is 177 g/mol. The van der Waals surface area contributed by atoms with E-state index in [1.165, 1.54) is 13.0 Å². The highest BCUT2D eigenvalue weighted by atomic mass is 31.1. The number of hydrogen-bond acceptors (Lipinski definition) is 3. The molecule has 3 nitrogen and oxygen atoms in total. The van der Waals surface area contributed by atoms with Crippen LogP contribution in [0.25, 0.3) is 0 Å². The highest BCUT2D eigenvalue weighted by Gasteiger charge is 2.41. The average Bonchev–Trinajstić information content (AvgIpc) is 1.88. The summed E-state index contributed by atoms with van der Waals surface area (Å²) in [5.41, 5.74) is 0. The Morgan fingerprint density at radius 3 is 2.64 bits per heavy atom. The zero-order valence-corrected chi connectivity index (χ0v) is 7.97. The quantitative estimate of drug-likeness (QED) is 0.528. The molecule has 0 aromatic carbocycles. The molecule has 0 rings (SSSR count). The largest absolute Gasteiger partial charge is 0.547 e. The van der Waals surface area contributed by atoms with Gasteiger partial charge >= 0.3 is 13.4 Å². The minimum atomic E-state index is -2.01. The van der Waals surface area contributed by atoms with Crippen LogP contribution in [0.5, 0.6) is 0 Å². The Hall–Kier alpha value is -0.240. The van der Waals surface area contributed by atoms with Crippen molar-refractivity contribution in [2.24, 2.45) is 0 Å². The van der Waals surface area contributed by atoms with Gasteiger partial charge in [-0.1, -0.05) is 6.08 Å². The van der Waals surface area contributed by atoms with Crippen molar-refractivity contribution in [3.05, 3.63) is 12.2 Å². The summed E-state index contributed by atoms with van der Waals surface area (Å²) >= 11 is 0. The summed E-state index contributed by atoms with van der Waals surface area (Å²) in [5.74, 6) is 0. The van der Waals surface area contributed by atoms with Gasteiger partial charge in [0.1, 0.15) is 0 Å². The number of hydrogen-bond donors (Lipinski definition) is 1. The minimum absolute atomic E-state index is 0.350. The van der Waals surface area contributed by atoms with E-state index in [1.807, 2.05) is 0 Å². The maximum atomic E-state index is 11.1. The predicted octanol–water partition coefficient (Wildman–Crippen LogP) is 2.05. The van der Waals surface area contributed by atoms with Crippen LogP contribution in [0.4, 0.5) is 0 Å². The summed E-state index contributed by atoms with van der Waals surface area (Å²) in [4.78, 5) is 0. The molecule has 2 unspecified atom stereocenters. The number of allylic oxidation sites excluding steroid dienone is 1. The molecule has 0 aliphatic rings. The molecule has 0 heterocycles. The summed E-state index contributed by atoms with van der Waals surface area (Å²) in [5, 5.41) is 8.09. The molecule has 4 heteroatoms. The normalized spacial score (nSPS) is 18.4. The third-order valence-corrected chi connectivity index (χ3v) is 2.48. The van der Waals surface area contributed by atoms with Crippen LogP contribution in [0.15, 0.2) is 12.2 Å². The van der Waals surface area contributed by atoms with Crippen LogP contribution in [-0.2, 0) is 9.09 Å². The molecule has 2 atom stereocenters. The molecule has 0 saturated carbocycles. The first-order chi connectivity index (χ1) is 5.04. The van der Waals surface area contributed by atoms with Gasteiger partial charge in [-0.15, -0.1) is 4.52 Å². The topological polar surface area (TPSA) is 46.5 Å². The first-order valence-corrected chi connectivity index (χ1v) is 4.69. The number of rotatable bonds is 4. The Kier molecular flexibility index (Phi) is 4.50. The molecule has 0 radical (unpaired) electrons. The lowest BCUT2D eigenvalue weighted by atomic mass is 10.3. The van der Waals surface area contributed by atoms with Crippen molar-refractivity contribution < 1.29 is 14.2 Å². The van der Waals surface area contributed by atoms with Crippen molar-refractivity contribution >= 4 is 8.03 Å².